The smallest absolute Gasteiger partial charge is 0.218 e. The highest BCUT2D eigenvalue weighted by Gasteiger charge is 2.32. The van der Waals surface area contributed by atoms with Gasteiger partial charge in [-0.15, -0.1) is 0 Å². The van der Waals surface area contributed by atoms with Crippen LogP contribution < -0.4 is 5.32 Å². The lowest BCUT2D eigenvalue weighted by Crippen LogP contribution is -2.42. The van der Waals surface area contributed by atoms with Crippen LogP contribution >= 0.6 is 0 Å². The molecular formula is C11H22N2O3S. The molecule has 17 heavy (non-hydrogen) atoms. The Labute approximate surface area is 104 Å². The number of hydrogen-bond acceptors (Lipinski definition) is 4. The second-order valence-corrected chi connectivity index (χ2v) is 7.35. The third-order valence-corrected chi connectivity index (χ3v) is 5.79. The summed E-state index contributed by atoms with van der Waals surface area (Å²) in [6, 6.07) is 0. The largest absolute Gasteiger partial charge is 0.381 e. The summed E-state index contributed by atoms with van der Waals surface area (Å²) in [4.78, 5) is 0. The molecule has 0 aromatic heterocycles. The van der Waals surface area contributed by atoms with Crippen LogP contribution in [-0.2, 0) is 14.8 Å². The fourth-order valence-corrected chi connectivity index (χ4v) is 4.03. The summed E-state index contributed by atoms with van der Waals surface area (Å²) < 4.78 is 31.6. The third kappa shape index (κ3) is 3.19. The molecule has 6 heteroatoms. The zero-order valence-electron chi connectivity index (χ0n) is 10.4. The molecule has 0 aromatic rings. The maximum Gasteiger partial charge on any atom is 0.218 e. The Hall–Kier alpha value is -0.170. The molecule has 2 saturated heterocycles. The number of rotatable bonds is 2. The SMILES string of the molecule is CC1CNCCN(CC2CCCOC2)S1(=O)=O. The minimum absolute atomic E-state index is 0.325. The molecule has 0 radical (unpaired) electrons. The van der Waals surface area contributed by atoms with Crippen LogP contribution in [0.5, 0.6) is 0 Å². The van der Waals surface area contributed by atoms with E-state index >= 15 is 0 Å². The minimum atomic E-state index is -3.12. The zero-order chi connectivity index (χ0) is 12.3. The van der Waals surface area contributed by atoms with Gasteiger partial charge in [0.1, 0.15) is 0 Å². The van der Waals surface area contributed by atoms with Crippen molar-refractivity contribution in [1.29, 1.82) is 0 Å². The van der Waals surface area contributed by atoms with Gasteiger partial charge in [0, 0.05) is 32.8 Å². The zero-order valence-corrected chi connectivity index (χ0v) is 11.2. The maximum absolute atomic E-state index is 12.3. The van der Waals surface area contributed by atoms with E-state index in [4.69, 9.17) is 4.74 Å². The van der Waals surface area contributed by atoms with E-state index in [1.54, 1.807) is 11.2 Å². The van der Waals surface area contributed by atoms with Gasteiger partial charge in [0.2, 0.25) is 10.0 Å². The first-order chi connectivity index (χ1) is 8.10. The summed E-state index contributed by atoms with van der Waals surface area (Å²) in [6.07, 6.45) is 2.13. The van der Waals surface area contributed by atoms with Gasteiger partial charge in [-0.2, -0.15) is 0 Å². The lowest BCUT2D eigenvalue weighted by atomic mass is 10.0. The monoisotopic (exact) mass is 262 g/mol. The van der Waals surface area contributed by atoms with Gasteiger partial charge < -0.3 is 10.1 Å². The van der Waals surface area contributed by atoms with Gasteiger partial charge in [-0.25, -0.2) is 12.7 Å². The lowest BCUT2D eigenvalue weighted by molar-refractivity contribution is 0.0480. The van der Waals surface area contributed by atoms with E-state index in [-0.39, 0.29) is 5.25 Å². The van der Waals surface area contributed by atoms with Crippen LogP contribution in [-0.4, -0.2) is 57.4 Å². The summed E-state index contributed by atoms with van der Waals surface area (Å²) in [5.41, 5.74) is 0. The molecule has 100 valence electrons. The fourth-order valence-electron chi connectivity index (χ4n) is 2.43. The first-order valence-corrected chi connectivity index (χ1v) is 7.88. The topological polar surface area (TPSA) is 58.6 Å². The Morgan fingerprint density at radius 3 is 3.00 bits per heavy atom. The highest BCUT2D eigenvalue weighted by atomic mass is 32.2. The van der Waals surface area contributed by atoms with Crippen molar-refractivity contribution in [2.24, 2.45) is 5.92 Å². The predicted octanol–water partition coefficient (Wildman–Crippen LogP) is 0.0365. The van der Waals surface area contributed by atoms with Gasteiger partial charge in [0.25, 0.3) is 0 Å². The maximum atomic E-state index is 12.3. The second kappa shape index (κ2) is 5.65. The van der Waals surface area contributed by atoms with E-state index in [0.717, 1.165) is 26.0 Å². The Morgan fingerprint density at radius 1 is 1.47 bits per heavy atom. The van der Waals surface area contributed by atoms with Crippen LogP contribution in [0.25, 0.3) is 0 Å². The number of nitrogens with one attached hydrogen (secondary N) is 1. The molecule has 2 fully saturated rings. The van der Waals surface area contributed by atoms with E-state index in [1.165, 1.54) is 0 Å². The van der Waals surface area contributed by atoms with Crippen LogP contribution in [0.3, 0.4) is 0 Å². The van der Waals surface area contributed by atoms with Crippen LogP contribution in [0, 0.1) is 5.92 Å². The molecule has 2 aliphatic rings. The van der Waals surface area contributed by atoms with Crippen molar-refractivity contribution in [2.75, 3.05) is 39.4 Å². The Balaban J connectivity index is 2.01. The van der Waals surface area contributed by atoms with E-state index < -0.39 is 10.0 Å². The van der Waals surface area contributed by atoms with E-state index in [1.807, 2.05) is 0 Å². The second-order valence-electron chi connectivity index (χ2n) is 5.00. The summed E-state index contributed by atoms with van der Waals surface area (Å²) in [5.74, 6) is 0.365. The van der Waals surface area contributed by atoms with Crippen molar-refractivity contribution < 1.29 is 13.2 Å². The third-order valence-electron chi connectivity index (χ3n) is 3.55. The molecule has 2 aliphatic heterocycles. The van der Waals surface area contributed by atoms with Gasteiger partial charge in [-0.05, 0) is 25.7 Å². The number of nitrogens with zero attached hydrogens (tertiary/aromatic N) is 1. The number of ether oxygens (including phenoxy) is 1. The van der Waals surface area contributed by atoms with Crippen molar-refractivity contribution in [2.45, 2.75) is 25.0 Å². The first-order valence-electron chi connectivity index (χ1n) is 6.38. The highest BCUT2D eigenvalue weighted by molar-refractivity contribution is 7.89. The van der Waals surface area contributed by atoms with Crippen molar-refractivity contribution >= 4 is 10.0 Å². The van der Waals surface area contributed by atoms with E-state index in [0.29, 0.717) is 32.2 Å². The summed E-state index contributed by atoms with van der Waals surface area (Å²) in [5, 5.41) is 2.84. The minimum Gasteiger partial charge on any atom is -0.381 e. The molecular weight excluding hydrogens is 240 g/mol. The number of sulfonamides is 1. The summed E-state index contributed by atoms with van der Waals surface area (Å²) >= 11 is 0. The van der Waals surface area contributed by atoms with Crippen molar-refractivity contribution in [3.8, 4) is 0 Å². The number of hydrogen-bond donors (Lipinski definition) is 1. The molecule has 2 heterocycles. The predicted molar refractivity (Wildman–Crippen MR) is 66.4 cm³/mol. The Bertz CT molecular complexity index is 339. The highest BCUT2D eigenvalue weighted by Crippen LogP contribution is 2.19. The summed E-state index contributed by atoms with van der Waals surface area (Å²) in [7, 11) is -3.12. The molecule has 5 nitrogen and oxygen atoms in total. The van der Waals surface area contributed by atoms with Gasteiger partial charge in [-0.1, -0.05) is 0 Å². The molecule has 0 saturated carbocycles. The van der Waals surface area contributed by atoms with E-state index in [9.17, 15) is 8.42 Å². The van der Waals surface area contributed by atoms with Crippen LogP contribution in [0.15, 0.2) is 0 Å². The van der Waals surface area contributed by atoms with Crippen molar-refractivity contribution in [1.82, 2.24) is 9.62 Å². The summed E-state index contributed by atoms with van der Waals surface area (Å²) in [6.45, 7) is 5.81. The quantitative estimate of drug-likeness (QED) is 0.763. The first kappa shape index (κ1) is 13.3. The van der Waals surface area contributed by atoms with Crippen LogP contribution in [0.4, 0.5) is 0 Å². The van der Waals surface area contributed by atoms with Gasteiger partial charge >= 0.3 is 0 Å². The standard InChI is InChI=1S/C11H22N2O3S/c1-10-7-12-4-5-13(17(10,14)15)8-11-3-2-6-16-9-11/h10-12H,2-9H2,1H3. The normalized spacial score (nSPS) is 35.4. The molecule has 0 spiro atoms. The van der Waals surface area contributed by atoms with E-state index in [2.05, 4.69) is 5.32 Å². The molecule has 0 bridgehead atoms. The Kier molecular flexibility index (Phi) is 4.41. The molecule has 0 aliphatic carbocycles. The van der Waals surface area contributed by atoms with Crippen molar-refractivity contribution in [3.05, 3.63) is 0 Å². The molecule has 2 rings (SSSR count). The molecule has 2 unspecified atom stereocenters. The molecule has 2 atom stereocenters. The molecule has 1 N–H and O–H groups in total. The molecule has 0 aromatic carbocycles. The van der Waals surface area contributed by atoms with Crippen LogP contribution in [0.2, 0.25) is 0 Å². The Morgan fingerprint density at radius 2 is 2.29 bits per heavy atom. The van der Waals surface area contributed by atoms with Crippen LogP contribution in [0.1, 0.15) is 19.8 Å². The average molecular weight is 262 g/mol. The van der Waals surface area contributed by atoms with Gasteiger partial charge in [-0.3, -0.25) is 0 Å². The lowest BCUT2D eigenvalue weighted by Gasteiger charge is -2.29. The van der Waals surface area contributed by atoms with Gasteiger partial charge in [0.05, 0.1) is 11.9 Å². The molecule has 0 amide bonds. The average Bonchev–Trinajstić information content (AvgIpc) is 2.44. The fraction of sp³-hybridized carbons (Fsp3) is 1.00. The van der Waals surface area contributed by atoms with Gasteiger partial charge in [0.15, 0.2) is 0 Å². The van der Waals surface area contributed by atoms with Crippen molar-refractivity contribution in [3.63, 3.8) is 0 Å².